The topological polar surface area (TPSA) is 73.2 Å². The molecule has 2 heterocycles. The van der Waals surface area contributed by atoms with Crippen molar-refractivity contribution >= 4 is 12.0 Å². The van der Waals surface area contributed by atoms with Gasteiger partial charge in [0, 0.05) is 24.7 Å². The number of hydrogen-bond acceptors (Lipinski definition) is 5. The summed E-state index contributed by atoms with van der Waals surface area (Å²) in [5.74, 6) is 0.144. The van der Waals surface area contributed by atoms with Crippen LogP contribution in [0, 0.1) is 0 Å². The molecule has 2 aliphatic carbocycles. The highest BCUT2D eigenvalue weighted by Gasteiger charge is 2.73. The number of likely N-dealkylation sites (tertiary alicyclic amines) is 1. The van der Waals surface area contributed by atoms with Gasteiger partial charge in [-0.2, -0.15) is 13.2 Å². The van der Waals surface area contributed by atoms with Crippen LogP contribution in [0.5, 0.6) is 11.5 Å². The first-order valence-corrected chi connectivity index (χ1v) is 12.5. The van der Waals surface area contributed by atoms with Crippen molar-refractivity contribution in [2.24, 2.45) is 0 Å². The molecule has 2 fully saturated rings. The van der Waals surface area contributed by atoms with E-state index >= 15 is 0 Å². The summed E-state index contributed by atoms with van der Waals surface area (Å²) < 4.78 is 45.0. The number of aromatic hydroxyl groups is 1. The summed E-state index contributed by atoms with van der Waals surface area (Å²) in [4.78, 5) is 17.0. The molecule has 5 atom stereocenters. The van der Waals surface area contributed by atoms with E-state index in [1.165, 1.54) is 24.3 Å². The number of aliphatic hydroxyl groups is 1. The molecule has 2 aliphatic heterocycles. The van der Waals surface area contributed by atoms with Gasteiger partial charge in [0.1, 0.15) is 6.10 Å². The minimum atomic E-state index is -4.42. The van der Waals surface area contributed by atoms with Crippen molar-refractivity contribution in [2.75, 3.05) is 20.6 Å². The van der Waals surface area contributed by atoms with Gasteiger partial charge >= 0.3 is 6.18 Å². The standard InChI is InChI=1S/C28H29F3N2O4/c1-32-14-13-26-23-17-6-9-20(34)24(23)37-25(26)19(11-12-27(26,36)21(32)15-17)33(2)22(35)10-5-16-3-7-18(8-4-16)28(29,30)31/h3-10,19,21,25,34,36H,11-15H2,1-2H3/b10-5+/t19?,21-,25?,26+,27-/m1/s1. The number of phenols is 1. The summed E-state index contributed by atoms with van der Waals surface area (Å²) in [6.45, 7) is 0.763. The lowest BCUT2D eigenvalue weighted by molar-refractivity contribution is -0.195. The molecule has 1 saturated heterocycles. The van der Waals surface area contributed by atoms with E-state index in [9.17, 15) is 28.2 Å². The number of piperidine rings is 1. The fraction of sp³-hybridized carbons (Fsp3) is 0.464. The Balaban J connectivity index is 1.31. The number of carbonyl (C=O) groups excluding carboxylic acids is 1. The summed E-state index contributed by atoms with van der Waals surface area (Å²) in [6.07, 6.45) is 0.224. The number of nitrogens with zero attached hydrogens (tertiary/aromatic N) is 2. The molecule has 37 heavy (non-hydrogen) atoms. The van der Waals surface area contributed by atoms with Gasteiger partial charge in [0.2, 0.25) is 5.91 Å². The lowest BCUT2D eigenvalue weighted by Crippen LogP contribution is -2.77. The monoisotopic (exact) mass is 514 g/mol. The van der Waals surface area contributed by atoms with Gasteiger partial charge < -0.3 is 24.7 Å². The van der Waals surface area contributed by atoms with Gasteiger partial charge in [-0.15, -0.1) is 0 Å². The van der Waals surface area contributed by atoms with Crippen LogP contribution in [0.25, 0.3) is 6.08 Å². The zero-order valence-corrected chi connectivity index (χ0v) is 20.6. The maximum absolute atomic E-state index is 13.2. The first kappa shape index (κ1) is 24.3. The lowest BCUT2D eigenvalue weighted by atomic mass is 9.48. The van der Waals surface area contributed by atoms with Gasteiger partial charge in [-0.3, -0.25) is 4.79 Å². The summed E-state index contributed by atoms with van der Waals surface area (Å²) in [5.41, 5.74) is -0.0981. The molecule has 1 spiro atoms. The van der Waals surface area contributed by atoms with E-state index in [1.807, 2.05) is 13.1 Å². The molecular weight excluding hydrogens is 485 g/mol. The van der Waals surface area contributed by atoms with Gasteiger partial charge in [0.05, 0.1) is 22.6 Å². The number of halogens is 3. The Morgan fingerprint density at radius 2 is 1.92 bits per heavy atom. The quantitative estimate of drug-likeness (QED) is 0.611. The first-order valence-electron chi connectivity index (χ1n) is 12.5. The number of phenolic OH excluding ortho intramolecular Hbond substituents is 1. The molecule has 2 unspecified atom stereocenters. The fourth-order valence-electron chi connectivity index (χ4n) is 7.36. The van der Waals surface area contributed by atoms with Gasteiger partial charge in [0.25, 0.3) is 0 Å². The number of alkyl halides is 3. The maximum atomic E-state index is 13.2. The van der Waals surface area contributed by atoms with Crippen molar-refractivity contribution in [3.63, 3.8) is 0 Å². The van der Waals surface area contributed by atoms with E-state index in [0.29, 0.717) is 37.0 Å². The van der Waals surface area contributed by atoms with E-state index in [4.69, 9.17) is 4.74 Å². The van der Waals surface area contributed by atoms with Crippen molar-refractivity contribution in [3.8, 4) is 11.5 Å². The second-order valence-electron chi connectivity index (χ2n) is 10.8. The Hall–Kier alpha value is -3.04. The smallest absolute Gasteiger partial charge is 0.416 e. The zero-order valence-electron chi connectivity index (χ0n) is 20.6. The minimum Gasteiger partial charge on any atom is -0.504 e. The largest absolute Gasteiger partial charge is 0.504 e. The Morgan fingerprint density at radius 3 is 2.62 bits per heavy atom. The molecule has 2 N–H and O–H groups in total. The van der Waals surface area contributed by atoms with Crippen LogP contribution in [0.4, 0.5) is 13.2 Å². The van der Waals surface area contributed by atoms with E-state index in [2.05, 4.69) is 4.90 Å². The van der Waals surface area contributed by atoms with Crippen molar-refractivity contribution in [1.82, 2.24) is 9.80 Å². The van der Waals surface area contributed by atoms with Crippen LogP contribution in [0.3, 0.4) is 0 Å². The normalized spacial score (nSPS) is 32.2. The summed E-state index contributed by atoms with van der Waals surface area (Å²) in [6, 6.07) is 7.74. The number of rotatable bonds is 3. The van der Waals surface area contributed by atoms with Crippen LogP contribution in [-0.4, -0.2) is 70.3 Å². The van der Waals surface area contributed by atoms with E-state index in [1.54, 1.807) is 18.0 Å². The molecule has 1 saturated carbocycles. The summed E-state index contributed by atoms with van der Waals surface area (Å²) in [7, 11) is 3.72. The first-order chi connectivity index (χ1) is 17.5. The van der Waals surface area contributed by atoms with Crippen LogP contribution in [0.1, 0.15) is 41.5 Å². The molecular formula is C28H29F3N2O4. The number of ether oxygens (including phenoxy) is 1. The molecule has 0 aromatic heterocycles. The Kier molecular flexibility index (Phi) is 5.24. The van der Waals surface area contributed by atoms with Crippen LogP contribution >= 0.6 is 0 Å². The average molecular weight is 515 g/mol. The summed E-state index contributed by atoms with van der Waals surface area (Å²) in [5, 5.41) is 22.9. The van der Waals surface area contributed by atoms with E-state index in [0.717, 1.165) is 29.8 Å². The van der Waals surface area contributed by atoms with Crippen molar-refractivity contribution in [2.45, 2.75) is 61.1 Å². The molecule has 0 radical (unpaired) electrons. The number of carbonyl (C=O) groups is 1. The van der Waals surface area contributed by atoms with Crippen LogP contribution in [0.2, 0.25) is 0 Å². The van der Waals surface area contributed by atoms with Gasteiger partial charge in [0.15, 0.2) is 11.5 Å². The molecule has 1 amide bonds. The highest BCUT2D eigenvalue weighted by Crippen LogP contribution is 2.65. The third kappa shape index (κ3) is 3.29. The number of likely N-dealkylation sites (N-methyl/N-ethyl adjacent to an activating group) is 2. The van der Waals surface area contributed by atoms with Gasteiger partial charge in [-0.05, 0) is 74.7 Å². The molecule has 6 rings (SSSR count). The molecule has 2 aromatic carbocycles. The van der Waals surface area contributed by atoms with Gasteiger partial charge in [-0.25, -0.2) is 0 Å². The summed E-state index contributed by atoms with van der Waals surface area (Å²) >= 11 is 0. The predicted octanol–water partition coefficient (Wildman–Crippen LogP) is 3.74. The molecule has 2 aromatic rings. The van der Waals surface area contributed by atoms with E-state index < -0.39 is 28.9 Å². The van der Waals surface area contributed by atoms with Crippen LogP contribution < -0.4 is 4.74 Å². The van der Waals surface area contributed by atoms with Crippen LogP contribution in [-0.2, 0) is 22.8 Å². The van der Waals surface area contributed by atoms with Gasteiger partial charge in [-0.1, -0.05) is 18.2 Å². The van der Waals surface area contributed by atoms with Crippen molar-refractivity contribution in [1.29, 1.82) is 0 Å². The predicted molar refractivity (Wildman–Crippen MR) is 130 cm³/mol. The SMILES string of the molecule is CN(C(=O)/C=C/c1ccc(C(F)(F)F)cc1)C1CC[C@@]2(O)[C@H]3Cc4ccc(O)c5c4[C@@]2(CCN3C)C1O5. The highest BCUT2D eigenvalue weighted by molar-refractivity contribution is 5.92. The van der Waals surface area contributed by atoms with E-state index in [-0.39, 0.29) is 23.7 Å². The minimum absolute atomic E-state index is 0.0391. The number of hydrogen-bond donors (Lipinski definition) is 2. The van der Waals surface area contributed by atoms with Crippen molar-refractivity contribution < 1.29 is 32.9 Å². The second kappa shape index (κ2) is 7.98. The molecule has 2 bridgehead atoms. The molecule has 4 aliphatic rings. The second-order valence-corrected chi connectivity index (χ2v) is 10.8. The molecule has 9 heteroatoms. The Bertz CT molecular complexity index is 1290. The third-order valence-electron chi connectivity index (χ3n) is 9.20. The highest BCUT2D eigenvalue weighted by atomic mass is 19.4. The molecule has 6 nitrogen and oxygen atoms in total. The molecule has 196 valence electrons. The Morgan fingerprint density at radius 1 is 1.19 bits per heavy atom. The maximum Gasteiger partial charge on any atom is 0.416 e. The van der Waals surface area contributed by atoms with Crippen molar-refractivity contribution in [3.05, 3.63) is 64.7 Å². The van der Waals surface area contributed by atoms with Crippen LogP contribution in [0.15, 0.2) is 42.5 Å². The zero-order chi connectivity index (χ0) is 26.3. The third-order valence-corrected chi connectivity index (χ3v) is 9.20. The number of benzene rings is 2. The Labute approximate surface area is 212 Å². The fourth-order valence-corrected chi connectivity index (χ4v) is 7.36. The number of amides is 1. The average Bonchev–Trinajstić information content (AvgIpc) is 3.21. The lowest BCUT2D eigenvalue weighted by Gasteiger charge is -2.64.